The van der Waals surface area contributed by atoms with Crippen molar-refractivity contribution in [1.82, 2.24) is 0 Å². The van der Waals surface area contributed by atoms with Crippen molar-refractivity contribution in [2.45, 2.75) is 32.6 Å². The molecule has 0 saturated carbocycles. The molecule has 3 rings (SSSR count). The average Bonchev–Trinajstić information content (AvgIpc) is 2.77. The number of aryl methyl sites for hydroxylation is 1. The summed E-state index contributed by atoms with van der Waals surface area (Å²) in [5, 5.41) is 6.16. The van der Waals surface area contributed by atoms with E-state index in [1.165, 1.54) is 5.56 Å². The van der Waals surface area contributed by atoms with Crippen LogP contribution in [0.2, 0.25) is 0 Å². The summed E-state index contributed by atoms with van der Waals surface area (Å²) in [4.78, 5) is 12.3. The maximum Gasteiger partial charge on any atom is 0.243 e. The van der Waals surface area contributed by atoms with Crippen molar-refractivity contribution in [3.63, 3.8) is 0 Å². The van der Waals surface area contributed by atoms with Crippen LogP contribution in [-0.2, 0) is 11.2 Å². The molecule has 0 aliphatic carbocycles. The minimum absolute atomic E-state index is 0.0654. The third kappa shape index (κ3) is 6.66. The van der Waals surface area contributed by atoms with Gasteiger partial charge in [-0.15, -0.1) is 0 Å². The lowest BCUT2D eigenvalue weighted by Crippen LogP contribution is -2.22. The minimum atomic E-state index is -0.0654. The van der Waals surface area contributed by atoms with Gasteiger partial charge in [-0.3, -0.25) is 4.79 Å². The number of amides is 1. The van der Waals surface area contributed by atoms with Crippen molar-refractivity contribution < 1.29 is 9.53 Å². The molecule has 3 aromatic carbocycles. The van der Waals surface area contributed by atoms with E-state index >= 15 is 0 Å². The van der Waals surface area contributed by atoms with Crippen molar-refractivity contribution in [3.05, 3.63) is 90.0 Å². The Kier molecular flexibility index (Phi) is 7.90. The molecule has 0 spiro atoms. The van der Waals surface area contributed by atoms with Crippen LogP contribution in [0.3, 0.4) is 0 Å². The smallest absolute Gasteiger partial charge is 0.243 e. The fraction of sp³-hybridized carbons (Fsp3) is 0.269. The summed E-state index contributed by atoms with van der Waals surface area (Å²) in [6, 6.07) is 26.1. The minimum Gasteiger partial charge on any atom is -0.494 e. The van der Waals surface area contributed by atoms with Crippen LogP contribution >= 0.6 is 0 Å². The maximum atomic E-state index is 12.3. The Hall–Kier alpha value is -3.27. The summed E-state index contributed by atoms with van der Waals surface area (Å²) < 4.78 is 5.82. The summed E-state index contributed by atoms with van der Waals surface area (Å²) in [6.07, 6.45) is 1.98. The van der Waals surface area contributed by atoms with Gasteiger partial charge >= 0.3 is 0 Å². The van der Waals surface area contributed by atoms with Gasteiger partial charge in [-0.05, 0) is 60.2 Å². The normalized spacial score (nSPS) is 10.6. The van der Waals surface area contributed by atoms with Crippen LogP contribution in [0.15, 0.2) is 78.9 Å². The number of nitrogens with one attached hydrogen (secondary N) is 2. The Morgan fingerprint density at radius 1 is 0.900 bits per heavy atom. The van der Waals surface area contributed by atoms with Gasteiger partial charge in [0.15, 0.2) is 0 Å². The molecule has 0 unspecified atom stereocenters. The number of para-hydroxylation sites is 1. The molecule has 0 heterocycles. The van der Waals surface area contributed by atoms with Crippen LogP contribution in [0, 0.1) is 0 Å². The third-order valence-corrected chi connectivity index (χ3v) is 4.89. The highest BCUT2D eigenvalue weighted by molar-refractivity contribution is 5.94. The van der Waals surface area contributed by atoms with Gasteiger partial charge < -0.3 is 15.4 Å². The average molecular weight is 403 g/mol. The van der Waals surface area contributed by atoms with E-state index in [0.29, 0.717) is 12.5 Å². The highest BCUT2D eigenvalue weighted by Gasteiger charge is 2.09. The molecule has 30 heavy (non-hydrogen) atoms. The Bertz CT molecular complexity index is 921. The Labute approximate surface area is 179 Å². The monoisotopic (exact) mass is 402 g/mol. The number of rotatable bonds is 10. The molecule has 0 atom stereocenters. The van der Waals surface area contributed by atoms with Gasteiger partial charge in [0, 0.05) is 11.4 Å². The van der Waals surface area contributed by atoms with E-state index in [2.05, 4.69) is 48.7 Å². The number of hydrogen-bond donors (Lipinski definition) is 2. The van der Waals surface area contributed by atoms with Gasteiger partial charge in [-0.25, -0.2) is 0 Å². The van der Waals surface area contributed by atoms with Crippen LogP contribution in [0.1, 0.15) is 37.3 Å². The van der Waals surface area contributed by atoms with Crippen LogP contribution < -0.4 is 15.4 Å². The molecule has 0 radical (unpaired) electrons. The van der Waals surface area contributed by atoms with Crippen molar-refractivity contribution >= 4 is 17.3 Å². The number of benzene rings is 3. The molecule has 1 amide bonds. The van der Waals surface area contributed by atoms with E-state index in [-0.39, 0.29) is 12.5 Å². The number of carbonyl (C=O) groups is 1. The lowest BCUT2D eigenvalue weighted by molar-refractivity contribution is -0.114. The first kappa shape index (κ1) is 21.4. The van der Waals surface area contributed by atoms with Crippen LogP contribution in [0.25, 0.3) is 0 Å². The summed E-state index contributed by atoms with van der Waals surface area (Å²) in [5.41, 5.74) is 4.23. The highest BCUT2D eigenvalue weighted by atomic mass is 16.5. The van der Waals surface area contributed by atoms with Crippen molar-refractivity contribution in [2.75, 3.05) is 23.8 Å². The fourth-order valence-corrected chi connectivity index (χ4v) is 3.27. The van der Waals surface area contributed by atoms with E-state index in [1.807, 2.05) is 54.6 Å². The lowest BCUT2D eigenvalue weighted by Gasteiger charge is -2.14. The molecule has 0 saturated heterocycles. The zero-order valence-electron chi connectivity index (χ0n) is 17.7. The Morgan fingerprint density at radius 3 is 2.33 bits per heavy atom. The zero-order chi connectivity index (χ0) is 21.2. The number of ether oxygens (including phenoxy) is 1. The summed E-state index contributed by atoms with van der Waals surface area (Å²) >= 11 is 0. The van der Waals surface area contributed by atoms with Gasteiger partial charge in [-0.1, -0.05) is 62.4 Å². The second-order valence-electron chi connectivity index (χ2n) is 7.61. The standard InChI is InChI=1S/C26H30N2O2/c1-20(2)24-12-6-7-13-25(24)28-26(29)19-27-22-14-16-23(17-15-22)30-18-8-11-21-9-4-3-5-10-21/h3-7,9-10,12-17,20,27H,8,11,18-19H2,1-2H3,(H,28,29). The maximum absolute atomic E-state index is 12.3. The van der Waals surface area contributed by atoms with Gasteiger partial charge in [-0.2, -0.15) is 0 Å². The molecule has 0 fully saturated rings. The van der Waals surface area contributed by atoms with Gasteiger partial charge in [0.05, 0.1) is 13.2 Å². The Balaban J connectivity index is 1.40. The van der Waals surface area contributed by atoms with Gasteiger partial charge in [0.1, 0.15) is 5.75 Å². The lowest BCUT2D eigenvalue weighted by atomic mass is 10.0. The molecule has 0 aliphatic rings. The predicted molar refractivity (Wildman–Crippen MR) is 124 cm³/mol. The first-order chi connectivity index (χ1) is 14.6. The number of anilines is 2. The topological polar surface area (TPSA) is 50.4 Å². The third-order valence-electron chi connectivity index (χ3n) is 4.89. The number of carbonyl (C=O) groups excluding carboxylic acids is 1. The van der Waals surface area contributed by atoms with Crippen LogP contribution in [0.4, 0.5) is 11.4 Å². The molecule has 4 nitrogen and oxygen atoms in total. The largest absolute Gasteiger partial charge is 0.494 e. The van der Waals surface area contributed by atoms with Gasteiger partial charge in [0.25, 0.3) is 0 Å². The molecule has 3 aromatic rings. The van der Waals surface area contributed by atoms with E-state index < -0.39 is 0 Å². The van der Waals surface area contributed by atoms with Crippen molar-refractivity contribution in [2.24, 2.45) is 0 Å². The zero-order valence-corrected chi connectivity index (χ0v) is 17.7. The predicted octanol–water partition coefficient (Wildman–Crippen LogP) is 5.87. The second kappa shape index (κ2) is 11.1. The van der Waals surface area contributed by atoms with E-state index in [0.717, 1.165) is 35.5 Å². The van der Waals surface area contributed by atoms with E-state index in [9.17, 15) is 4.79 Å². The molecule has 0 aliphatic heterocycles. The van der Waals surface area contributed by atoms with E-state index in [1.54, 1.807) is 0 Å². The quantitative estimate of drug-likeness (QED) is 0.417. The number of hydrogen-bond acceptors (Lipinski definition) is 3. The molecular formula is C26H30N2O2. The first-order valence-electron chi connectivity index (χ1n) is 10.5. The highest BCUT2D eigenvalue weighted by Crippen LogP contribution is 2.23. The van der Waals surface area contributed by atoms with E-state index in [4.69, 9.17) is 4.74 Å². The molecule has 2 N–H and O–H groups in total. The Morgan fingerprint density at radius 2 is 1.60 bits per heavy atom. The van der Waals surface area contributed by atoms with Crippen molar-refractivity contribution in [3.8, 4) is 5.75 Å². The molecule has 156 valence electrons. The summed E-state index contributed by atoms with van der Waals surface area (Å²) in [5.74, 6) is 1.13. The fourth-order valence-electron chi connectivity index (χ4n) is 3.27. The SMILES string of the molecule is CC(C)c1ccccc1NC(=O)CNc1ccc(OCCCc2ccccc2)cc1. The van der Waals surface area contributed by atoms with Crippen molar-refractivity contribution in [1.29, 1.82) is 0 Å². The molecular weight excluding hydrogens is 372 g/mol. The summed E-state index contributed by atoms with van der Waals surface area (Å²) in [7, 11) is 0. The molecule has 0 bridgehead atoms. The molecule has 0 aromatic heterocycles. The van der Waals surface area contributed by atoms with Gasteiger partial charge in [0.2, 0.25) is 5.91 Å². The van der Waals surface area contributed by atoms with Crippen LogP contribution in [0.5, 0.6) is 5.75 Å². The first-order valence-corrected chi connectivity index (χ1v) is 10.5. The second-order valence-corrected chi connectivity index (χ2v) is 7.61. The van der Waals surface area contributed by atoms with Crippen LogP contribution in [-0.4, -0.2) is 19.1 Å². The summed E-state index contributed by atoms with van der Waals surface area (Å²) in [6.45, 7) is 5.13. The molecule has 4 heteroatoms.